The molecule has 0 radical (unpaired) electrons. The summed E-state index contributed by atoms with van der Waals surface area (Å²) in [7, 11) is 0. The summed E-state index contributed by atoms with van der Waals surface area (Å²) in [6.07, 6.45) is 0. The van der Waals surface area contributed by atoms with Crippen LogP contribution < -0.4 is 19.5 Å². The Balaban J connectivity index is 1.65. The van der Waals surface area contributed by atoms with Crippen LogP contribution in [0.25, 0.3) is 0 Å². The normalized spacial score (nSPS) is 14.0. The molecule has 1 aliphatic heterocycles. The molecule has 1 N–H and O–H groups in total. The monoisotopic (exact) mass is 355 g/mol. The molecule has 138 valence electrons. The number of benzene rings is 2. The van der Waals surface area contributed by atoms with Crippen LogP contribution in [0, 0.1) is 12.8 Å². The fourth-order valence-corrected chi connectivity index (χ4v) is 2.96. The van der Waals surface area contributed by atoms with Crippen LogP contribution in [0.4, 0.5) is 0 Å². The van der Waals surface area contributed by atoms with Crippen LogP contribution in [-0.2, 0) is 4.79 Å². The van der Waals surface area contributed by atoms with Crippen LogP contribution in [0.5, 0.6) is 17.2 Å². The number of hydrogen-bond donors (Lipinski definition) is 1. The van der Waals surface area contributed by atoms with E-state index in [2.05, 4.69) is 19.2 Å². The van der Waals surface area contributed by atoms with Crippen molar-refractivity contribution in [3.05, 3.63) is 53.6 Å². The van der Waals surface area contributed by atoms with Crippen LogP contribution in [0.3, 0.4) is 0 Å². The average molecular weight is 355 g/mol. The molecule has 1 aliphatic rings. The van der Waals surface area contributed by atoms with Crippen molar-refractivity contribution in [1.82, 2.24) is 5.32 Å². The predicted molar refractivity (Wildman–Crippen MR) is 99.8 cm³/mol. The molecular formula is C21H25NO4. The molecular weight excluding hydrogens is 330 g/mol. The Morgan fingerprint density at radius 3 is 2.62 bits per heavy atom. The quantitative estimate of drug-likeness (QED) is 0.859. The number of hydrogen-bond acceptors (Lipinski definition) is 4. The first-order valence-electron chi connectivity index (χ1n) is 8.91. The van der Waals surface area contributed by atoms with Crippen molar-refractivity contribution >= 4 is 5.91 Å². The number of ether oxygens (including phenoxy) is 3. The van der Waals surface area contributed by atoms with Crippen LogP contribution in [-0.4, -0.2) is 25.7 Å². The first kappa shape index (κ1) is 18.1. The molecule has 0 aliphatic carbocycles. The van der Waals surface area contributed by atoms with E-state index in [0.29, 0.717) is 19.0 Å². The van der Waals surface area contributed by atoms with Crippen molar-refractivity contribution in [3.63, 3.8) is 0 Å². The lowest BCUT2D eigenvalue weighted by molar-refractivity contribution is -0.124. The highest BCUT2D eigenvalue weighted by molar-refractivity contribution is 5.78. The van der Waals surface area contributed by atoms with Gasteiger partial charge in [0.15, 0.2) is 18.1 Å². The third kappa shape index (κ3) is 4.48. The van der Waals surface area contributed by atoms with E-state index in [1.54, 1.807) is 0 Å². The molecule has 1 heterocycles. The highest BCUT2D eigenvalue weighted by Gasteiger charge is 2.21. The highest BCUT2D eigenvalue weighted by atomic mass is 16.6. The summed E-state index contributed by atoms with van der Waals surface area (Å²) in [5, 5.41) is 3.06. The number of carbonyl (C=O) groups excluding carboxylic acids is 1. The molecule has 1 atom stereocenters. The minimum absolute atomic E-state index is 0.0166. The minimum Gasteiger partial charge on any atom is -0.486 e. The molecule has 0 aromatic heterocycles. The first-order valence-corrected chi connectivity index (χ1v) is 8.91. The van der Waals surface area contributed by atoms with Gasteiger partial charge in [0.1, 0.15) is 19.0 Å². The fraction of sp³-hybridized carbons (Fsp3) is 0.381. The van der Waals surface area contributed by atoms with Crippen molar-refractivity contribution in [2.75, 3.05) is 19.8 Å². The Morgan fingerprint density at radius 1 is 1.12 bits per heavy atom. The van der Waals surface area contributed by atoms with Gasteiger partial charge in [-0.1, -0.05) is 32.0 Å². The van der Waals surface area contributed by atoms with Gasteiger partial charge < -0.3 is 19.5 Å². The van der Waals surface area contributed by atoms with Crippen LogP contribution in [0.15, 0.2) is 42.5 Å². The van der Waals surface area contributed by atoms with Gasteiger partial charge in [0.05, 0.1) is 6.04 Å². The summed E-state index contributed by atoms with van der Waals surface area (Å²) in [4.78, 5) is 12.4. The van der Waals surface area contributed by atoms with Crippen molar-refractivity contribution < 1.29 is 19.0 Å². The molecule has 5 heteroatoms. The SMILES string of the molecule is Cc1cccc(OCC(=O)NC(c2ccc3c(c2)OCCO3)C(C)C)c1. The number of rotatable bonds is 6. The Morgan fingerprint density at radius 2 is 1.88 bits per heavy atom. The zero-order valence-corrected chi connectivity index (χ0v) is 15.5. The van der Waals surface area contributed by atoms with Gasteiger partial charge in [0.25, 0.3) is 5.91 Å². The molecule has 0 fully saturated rings. The van der Waals surface area contributed by atoms with Crippen LogP contribution >= 0.6 is 0 Å². The lowest BCUT2D eigenvalue weighted by atomic mass is 9.95. The molecule has 1 unspecified atom stereocenters. The van der Waals surface area contributed by atoms with Gasteiger partial charge in [-0.15, -0.1) is 0 Å². The van der Waals surface area contributed by atoms with E-state index >= 15 is 0 Å². The van der Waals surface area contributed by atoms with E-state index in [-0.39, 0.29) is 24.5 Å². The summed E-state index contributed by atoms with van der Waals surface area (Å²) in [5.41, 5.74) is 2.09. The lowest BCUT2D eigenvalue weighted by Crippen LogP contribution is -2.35. The van der Waals surface area contributed by atoms with Gasteiger partial charge in [-0.3, -0.25) is 4.79 Å². The second kappa shape index (κ2) is 8.13. The maximum atomic E-state index is 12.4. The largest absolute Gasteiger partial charge is 0.486 e. The van der Waals surface area contributed by atoms with Crippen LogP contribution in [0.1, 0.15) is 31.0 Å². The molecule has 5 nitrogen and oxygen atoms in total. The van der Waals surface area contributed by atoms with E-state index in [1.807, 2.05) is 49.4 Å². The maximum Gasteiger partial charge on any atom is 0.258 e. The number of amides is 1. The van der Waals surface area contributed by atoms with E-state index in [9.17, 15) is 4.79 Å². The van der Waals surface area contributed by atoms with Gasteiger partial charge in [0.2, 0.25) is 0 Å². The van der Waals surface area contributed by atoms with Gasteiger partial charge in [-0.25, -0.2) is 0 Å². The topological polar surface area (TPSA) is 56.8 Å². The van der Waals surface area contributed by atoms with Gasteiger partial charge in [0, 0.05) is 0 Å². The second-order valence-corrected chi connectivity index (χ2v) is 6.80. The van der Waals surface area contributed by atoms with E-state index in [0.717, 1.165) is 22.6 Å². The predicted octanol–water partition coefficient (Wildman–Crippen LogP) is 3.66. The zero-order valence-electron chi connectivity index (χ0n) is 15.5. The molecule has 0 spiro atoms. The lowest BCUT2D eigenvalue weighted by Gasteiger charge is -2.25. The molecule has 1 amide bonds. The molecule has 26 heavy (non-hydrogen) atoms. The third-order valence-corrected chi connectivity index (χ3v) is 4.27. The summed E-state index contributed by atoms with van der Waals surface area (Å²) in [5.74, 6) is 2.24. The van der Waals surface area contributed by atoms with Gasteiger partial charge in [-0.2, -0.15) is 0 Å². The van der Waals surface area contributed by atoms with Crippen molar-refractivity contribution in [3.8, 4) is 17.2 Å². The average Bonchev–Trinajstić information content (AvgIpc) is 2.64. The Labute approximate surface area is 154 Å². The number of fused-ring (bicyclic) bond motifs is 1. The summed E-state index contributed by atoms with van der Waals surface area (Å²) in [6, 6.07) is 13.3. The zero-order chi connectivity index (χ0) is 18.5. The molecule has 3 rings (SSSR count). The fourth-order valence-electron chi connectivity index (χ4n) is 2.96. The number of carbonyl (C=O) groups is 1. The molecule has 0 bridgehead atoms. The summed E-state index contributed by atoms with van der Waals surface area (Å²) in [6.45, 7) is 7.22. The van der Waals surface area contributed by atoms with E-state index < -0.39 is 0 Å². The van der Waals surface area contributed by atoms with E-state index in [1.165, 1.54) is 0 Å². The van der Waals surface area contributed by atoms with Crippen molar-refractivity contribution in [1.29, 1.82) is 0 Å². The van der Waals surface area contributed by atoms with Crippen molar-refractivity contribution in [2.45, 2.75) is 26.8 Å². The molecule has 2 aromatic rings. The Hall–Kier alpha value is -2.69. The third-order valence-electron chi connectivity index (χ3n) is 4.27. The molecule has 2 aromatic carbocycles. The maximum absolute atomic E-state index is 12.4. The standard InChI is InChI=1S/C21H25NO4/c1-14(2)21(16-7-8-18-19(12-16)25-10-9-24-18)22-20(23)13-26-17-6-4-5-15(3)11-17/h4-8,11-12,14,21H,9-10,13H2,1-3H3,(H,22,23). The highest BCUT2D eigenvalue weighted by Crippen LogP contribution is 2.34. The van der Waals surface area contributed by atoms with Crippen LogP contribution in [0.2, 0.25) is 0 Å². The number of nitrogens with one attached hydrogen (secondary N) is 1. The molecule has 0 saturated heterocycles. The first-order chi connectivity index (χ1) is 12.5. The Kier molecular flexibility index (Phi) is 5.66. The smallest absolute Gasteiger partial charge is 0.258 e. The van der Waals surface area contributed by atoms with Gasteiger partial charge >= 0.3 is 0 Å². The minimum atomic E-state index is -0.153. The summed E-state index contributed by atoms with van der Waals surface area (Å²) < 4.78 is 16.8. The Bertz CT molecular complexity index is 772. The second-order valence-electron chi connectivity index (χ2n) is 6.80. The van der Waals surface area contributed by atoms with Crippen molar-refractivity contribution in [2.24, 2.45) is 5.92 Å². The number of aryl methyl sites for hydroxylation is 1. The van der Waals surface area contributed by atoms with E-state index in [4.69, 9.17) is 14.2 Å². The summed E-state index contributed by atoms with van der Waals surface area (Å²) >= 11 is 0. The molecule has 0 saturated carbocycles. The van der Waals surface area contributed by atoms with Gasteiger partial charge in [-0.05, 0) is 48.2 Å².